The Kier molecular flexibility index (Phi) is 6.64. The van der Waals surface area contributed by atoms with Gasteiger partial charge in [-0.05, 0) is 42.3 Å². The number of anilines is 1. The highest BCUT2D eigenvalue weighted by molar-refractivity contribution is 7.89. The highest BCUT2D eigenvalue weighted by Crippen LogP contribution is 2.30. The Morgan fingerprint density at radius 3 is 2.44 bits per heavy atom. The average Bonchev–Trinajstić information content (AvgIpc) is 3.28. The van der Waals surface area contributed by atoms with E-state index in [2.05, 4.69) is 18.8 Å². The fourth-order valence-electron chi connectivity index (χ4n) is 3.29. The molecule has 34 heavy (non-hydrogen) atoms. The zero-order chi connectivity index (χ0) is 24.3. The van der Waals surface area contributed by atoms with Gasteiger partial charge in [0, 0.05) is 5.69 Å². The number of carbonyl (C=O) groups is 1. The van der Waals surface area contributed by atoms with Gasteiger partial charge < -0.3 is 5.32 Å². The van der Waals surface area contributed by atoms with Crippen molar-refractivity contribution in [2.24, 2.45) is 0 Å². The standard InChI is InChI=1S/C22H17F3N4O3S2/c23-22(24,25)15-8-4-9-16(13-15)26-21(30)18(12-14-6-2-1-3-7-14)29-34(31,32)19-11-5-10-17-20(19)28-33-27-17/h1-11,13,18,29H,12H2,(H,26,30)/t18-/m1/s1. The Labute approximate surface area is 197 Å². The molecule has 4 rings (SSSR count). The predicted octanol–water partition coefficient (Wildman–Crippen LogP) is 4.24. The number of fused-ring (bicyclic) bond motifs is 1. The zero-order valence-electron chi connectivity index (χ0n) is 17.3. The van der Waals surface area contributed by atoms with Crippen LogP contribution in [0, 0.1) is 0 Å². The van der Waals surface area contributed by atoms with Gasteiger partial charge in [-0.15, -0.1) is 0 Å². The van der Waals surface area contributed by atoms with Gasteiger partial charge in [-0.2, -0.15) is 26.6 Å². The lowest BCUT2D eigenvalue weighted by atomic mass is 10.1. The van der Waals surface area contributed by atoms with Crippen molar-refractivity contribution in [3.8, 4) is 0 Å². The first-order chi connectivity index (χ1) is 16.1. The van der Waals surface area contributed by atoms with Crippen molar-refractivity contribution < 1.29 is 26.4 Å². The van der Waals surface area contributed by atoms with Crippen molar-refractivity contribution in [3.63, 3.8) is 0 Å². The molecule has 3 aromatic carbocycles. The molecule has 2 N–H and O–H groups in total. The van der Waals surface area contributed by atoms with Gasteiger partial charge in [0.25, 0.3) is 0 Å². The third-order valence-corrected chi connectivity index (χ3v) is 6.94. The second-order valence-electron chi connectivity index (χ2n) is 7.32. The van der Waals surface area contributed by atoms with Crippen LogP contribution in [-0.4, -0.2) is 29.1 Å². The summed E-state index contributed by atoms with van der Waals surface area (Å²) < 4.78 is 75.9. The Hall–Kier alpha value is -3.35. The molecule has 7 nitrogen and oxygen atoms in total. The summed E-state index contributed by atoms with van der Waals surface area (Å²) >= 11 is 0.853. The number of aromatic nitrogens is 2. The van der Waals surface area contributed by atoms with E-state index in [4.69, 9.17) is 0 Å². The second kappa shape index (κ2) is 9.49. The number of benzene rings is 3. The molecule has 1 heterocycles. The monoisotopic (exact) mass is 506 g/mol. The van der Waals surface area contributed by atoms with Crippen LogP contribution in [0.15, 0.2) is 77.7 Å². The average molecular weight is 507 g/mol. The summed E-state index contributed by atoms with van der Waals surface area (Å²) in [5.41, 5.74) is 0.164. The highest BCUT2D eigenvalue weighted by atomic mass is 32.2. The van der Waals surface area contributed by atoms with Crippen LogP contribution in [0.1, 0.15) is 11.1 Å². The maximum Gasteiger partial charge on any atom is 0.416 e. The van der Waals surface area contributed by atoms with Crippen LogP contribution in [0.25, 0.3) is 11.0 Å². The number of carbonyl (C=O) groups excluding carboxylic acids is 1. The van der Waals surface area contributed by atoms with Crippen LogP contribution in [0.5, 0.6) is 0 Å². The van der Waals surface area contributed by atoms with Crippen LogP contribution >= 0.6 is 11.7 Å². The van der Waals surface area contributed by atoms with E-state index in [0.29, 0.717) is 11.1 Å². The van der Waals surface area contributed by atoms with Crippen LogP contribution in [0.2, 0.25) is 0 Å². The summed E-state index contributed by atoms with van der Waals surface area (Å²) in [5, 5.41) is 2.39. The van der Waals surface area contributed by atoms with Gasteiger partial charge in [0.15, 0.2) is 0 Å². The van der Waals surface area contributed by atoms with Gasteiger partial charge in [-0.1, -0.05) is 42.5 Å². The normalized spacial score (nSPS) is 13.0. The molecule has 0 aliphatic heterocycles. The molecule has 0 aliphatic carbocycles. The molecule has 0 unspecified atom stereocenters. The minimum atomic E-state index is -4.59. The van der Waals surface area contributed by atoms with Gasteiger partial charge in [-0.25, -0.2) is 8.42 Å². The van der Waals surface area contributed by atoms with E-state index in [1.807, 2.05) is 0 Å². The highest BCUT2D eigenvalue weighted by Gasteiger charge is 2.31. The zero-order valence-corrected chi connectivity index (χ0v) is 18.9. The molecule has 0 aliphatic rings. The van der Waals surface area contributed by atoms with Crippen LogP contribution in [0.4, 0.5) is 18.9 Å². The number of amides is 1. The van der Waals surface area contributed by atoms with Crippen molar-refractivity contribution in [3.05, 3.63) is 83.9 Å². The van der Waals surface area contributed by atoms with E-state index in [-0.39, 0.29) is 22.5 Å². The van der Waals surface area contributed by atoms with E-state index >= 15 is 0 Å². The largest absolute Gasteiger partial charge is 0.416 e. The SMILES string of the molecule is O=C(Nc1cccc(C(F)(F)F)c1)[C@@H](Cc1ccccc1)NS(=O)(=O)c1cccc2nsnc12. The summed E-state index contributed by atoms with van der Waals surface area (Å²) in [5.74, 6) is -0.810. The molecule has 0 saturated heterocycles. The Morgan fingerprint density at radius 1 is 0.971 bits per heavy atom. The Balaban J connectivity index is 1.64. The number of sulfonamides is 1. The fraction of sp³-hybridized carbons (Fsp3) is 0.136. The molecule has 4 aromatic rings. The molecule has 176 valence electrons. The van der Waals surface area contributed by atoms with Crippen LogP contribution < -0.4 is 10.0 Å². The molecule has 0 saturated carbocycles. The molecule has 1 atom stereocenters. The van der Waals surface area contributed by atoms with E-state index in [1.165, 1.54) is 18.2 Å². The summed E-state index contributed by atoms with van der Waals surface area (Å²) in [6.45, 7) is 0. The third kappa shape index (κ3) is 5.41. The third-order valence-electron chi connectivity index (χ3n) is 4.89. The molecule has 0 bridgehead atoms. The topological polar surface area (TPSA) is 101 Å². The Morgan fingerprint density at radius 2 is 1.71 bits per heavy atom. The lowest BCUT2D eigenvalue weighted by Gasteiger charge is -2.19. The van der Waals surface area contributed by atoms with Crippen molar-refractivity contribution in [1.29, 1.82) is 0 Å². The van der Waals surface area contributed by atoms with Crippen LogP contribution in [0.3, 0.4) is 0 Å². The minimum Gasteiger partial charge on any atom is -0.325 e. The first kappa shape index (κ1) is 23.8. The minimum absolute atomic E-state index is 0.0316. The fourth-order valence-corrected chi connectivity index (χ4v) is 5.25. The van der Waals surface area contributed by atoms with E-state index < -0.39 is 33.7 Å². The van der Waals surface area contributed by atoms with Gasteiger partial charge >= 0.3 is 6.18 Å². The number of hydrogen-bond acceptors (Lipinski definition) is 6. The lowest BCUT2D eigenvalue weighted by Crippen LogP contribution is -2.45. The Bertz CT molecular complexity index is 1420. The number of halogens is 3. The number of nitrogens with one attached hydrogen (secondary N) is 2. The second-order valence-corrected chi connectivity index (χ2v) is 9.53. The first-order valence-electron chi connectivity index (χ1n) is 9.89. The van der Waals surface area contributed by atoms with Gasteiger partial charge in [0.1, 0.15) is 22.0 Å². The molecule has 1 aromatic heterocycles. The van der Waals surface area contributed by atoms with Crippen molar-refractivity contribution in [2.75, 3.05) is 5.32 Å². The summed E-state index contributed by atoms with van der Waals surface area (Å²) in [4.78, 5) is 12.9. The number of hydrogen-bond donors (Lipinski definition) is 2. The van der Waals surface area contributed by atoms with Crippen molar-refractivity contribution >= 4 is 44.4 Å². The summed E-state index contributed by atoms with van der Waals surface area (Å²) in [6.07, 6.45) is -4.62. The summed E-state index contributed by atoms with van der Waals surface area (Å²) in [6, 6.07) is 15.9. The van der Waals surface area contributed by atoms with Crippen LogP contribution in [-0.2, 0) is 27.4 Å². The molecule has 0 spiro atoms. The summed E-state index contributed by atoms with van der Waals surface area (Å²) in [7, 11) is -4.23. The molecular weight excluding hydrogens is 489 g/mol. The first-order valence-corrected chi connectivity index (χ1v) is 12.1. The number of alkyl halides is 3. The lowest BCUT2D eigenvalue weighted by molar-refractivity contribution is -0.137. The maximum absolute atomic E-state index is 13.2. The maximum atomic E-state index is 13.2. The number of rotatable bonds is 7. The molecule has 0 fully saturated rings. The molecular formula is C22H17F3N4O3S2. The van der Waals surface area contributed by atoms with Crippen molar-refractivity contribution in [2.45, 2.75) is 23.5 Å². The molecule has 0 radical (unpaired) electrons. The smallest absolute Gasteiger partial charge is 0.325 e. The molecule has 12 heteroatoms. The quantitative estimate of drug-likeness (QED) is 0.391. The van der Waals surface area contributed by atoms with E-state index in [9.17, 15) is 26.4 Å². The van der Waals surface area contributed by atoms with E-state index in [0.717, 1.165) is 29.9 Å². The van der Waals surface area contributed by atoms with Crippen molar-refractivity contribution in [1.82, 2.24) is 13.5 Å². The molecule has 1 amide bonds. The van der Waals surface area contributed by atoms with E-state index in [1.54, 1.807) is 36.4 Å². The van der Waals surface area contributed by atoms with Gasteiger partial charge in [0.05, 0.1) is 17.3 Å². The predicted molar refractivity (Wildman–Crippen MR) is 122 cm³/mol. The van der Waals surface area contributed by atoms with Gasteiger partial charge in [0.2, 0.25) is 15.9 Å². The number of nitrogens with zero attached hydrogens (tertiary/aromatic N) is 2. The van der Waals surface area contributed by atoms with Gasteiger partial charge in [-0.3, -0.25) is 4.79 Å².